The standard InChI is InChI=1S/C25H30N2O5/c1-2-15-31-19-9-6-8-18(17-19)22-21(23(28)20-10-7-16-32-20)24(29)25(30)27(22)14-13-26-11-4-3-5-12-26/h6-10,16-17,22,29H,2-5,11-15H2,1H3. The molecular weight excluding hydrogens is 408 g/mol. The number of benzene rings is 1. The molecule has 0 spiro atoms. The van der Waals surface area contributed by atoms with Crippen LogP contribution < -0.4 is 4.74 Å². The predicted octanol–water partition coefficient (Wildman–Crippen LogP) is 4.13. The summed E-state index contributed by atoms with van der Waals surface area (Å²) in [7, 11) is 0. The number of carbonyl (C=O) groups excluding carboxylic acids is 2. The van der Waals surface area contributed by atoms with Gasteiger partial charge in [0.25, 0.3) is 5.91 Å². The number of aliphatic hydroxyl groups is 1. The van der Waals surface area contributed by atoms with E-state index in [2.05, 4.69) is 4.90 Å². The summed E-state index contributed by atoms with van der Waals surface area (Å²) >= 11 is 0. The van der Waals surface area contributed by atoms with Gasteiger partial charge in [-0.1, -0.05) is 25.5 Å². The summed E-state index contributed by atoms with van der Waals surface area (Å²) in [5.41, 5.74) is 0.779. The molecule has 2 aliphatic heterocycles. The average Bonchev–Trinajstić information content (AvgIpc) is 3.44. The molecule has 0 bridgehead atoms. The van der Waals surface area contributed by atoms with E-state index in [9.17, 15) is 14.7 Å². The number of ketones is 1. The molecule has 4 rings (SSSR count). The Morgan fingerprint density at radius 3 is 2.69 bits per heavy atom. The first-order valence-corrected chi connectivity index (χ1v) is 11.4. The molecule has 1 aromatic carbocycles. The second kappa shape index (κ2) is 10.0. The molecule has 1 N–H and O–H groups in total. The lowest BCUT2D eigenvalue weighted by Gasteiger charge is -2.31. The van der Waals surface area contributed by atoms with Gasteiger partial charge < -0.3 is 24.1 Å². The lowest BCUT2D eigenvalue weighted by Crippen LogP contribution is -2.40. The molecule has 7 heteroatoms. The van der Waals surface area contributed by atoms with Crippen molar-refractivity contribution in [2.45, 2.75) is 38.6 Å². The van der Waals surface area contributed by atoms with Crippen molar-refractivity contribution >= 4 is 11.7 Å². The van der Waals surface area contributed by atoms with Gasteiger partial charge in [-0.15, -0.1) is 0 Å². The summed E-state index contributed by atoms with van der Waals surface area (Å²) in [6.07, 6.45) is 5.82. The number of Topliss-reactive ketones (excluding diaryl/α,β-unsaturated/α-hetero) is 1. The molecule has 7 nitrogen and oxygen atoms in total. The Kier molecular flexibility index (Phi) is 6.95. The van der Waals surface area contributed by atoms with Gasteiger partial charge in [-0.05, 0) is 62.2 Å². The number of furan rings is 1. The summed E-state index contributed by atoms with van der Waals surface area (Å²) in [4.78, 5) is 30.2. The minimum Gasteiger partial charge on any atom is -0.503 e. The second-order valence-electron chi connectivity index (χ2n) is 8.29. The number of rotatable bonds is 9. The monoisotopic (exact) mass is 438 g/mol. The second-order valence-corrected chi connectivity index (χ2v) is 8.29. The van der Waals surface area contributed by atoms with Crippen LogP contribution in [0.25, 0.3) is 0 Å². The Morgan fingerprint density at radius 2 is 1.97 bits per heavy atom. The molecule has 2 aliphatic rings. The fourth-order valence-corrected chi connectivity index (χ4v) is 4.43. The summed E-state index contributed by atoms with van der Waals surface area (Å²) in [6, 6.07) is 9.86. The van der Waals surface area contributed by atoms with Crippen LogP contribution in [0.3, 0.4) is 0 Å². The third kappa shape index (κ3) is 4.58. The lowest BCUT2D eigenvalue weighted by molar-refractivity contribution is -0.129. The largest absolute Gasteiger partial charge is 0.503 e. The Morgan fingerprint density at radius 1 is 1.16 bits per heavy atom. The van der Waals surface area contributed by atoms with E-state index >= 15 is 0 Å². The van der Waals surface area contributed by atoms with Gasteiger partial charge in [-0.2, -0.15) is 0 Å². The van der Waals surface area contributed by atoms with Gasteiger partial charge in [0.05, 0.1) is 24.5 Å². The van der Waals surface area contributed by atoms with E-state index in [1.54, 1.807) is 17.0 Å². The third-order valence-electron chi connectivity index (χ3n) is 6.05. The summed E-state index contributed by atoms with van der Waals surface area (Å²) in [6.45, 7) is 5.73. The van der Waals surface area contributed by atoms with E-state index in [1.807, 2.05) is 31.2 Å². The number of likely N-dealkylation sites (tertiary alicyclic amines) is 1. The maximum Gasteiger partial charge on any atom is 0.290 e. The number of aliphatic hydroxyl groups excluding tert-OH is 1. The first kappa shape index (κ1) is 22.1. The Balaban J connectivity index is 1.66. The molecular formula is C25H30N2O5. The molecule has 0 radical (unpaired) electrons. The van der Waals surface area contributed by atoms with Crippen LogP contribution in [0.2, 0.25) is 0 Å². The van der Waals surface area contributed by atoms with Gasteiger partial charge in [0.15, 0.2) is 11.5 Å². The molecule has 1 aromatic heterocycles. The Bertz CT molecular complexity index is 976. The van der Waals surface area contributed by atoms with E-state index in [1.165, 1.54) is 12.7 Å². The molecule has 1 unspecified atom stereocenters. The number of nitrogens with zero attached hydrogens (tertiary/aromatic N) is 2. The third-order valence-corrected chi connectivity index (χ3v) is 6.05. The van der Waals surface area contributed by atoms with Gasteiger partial charge >= 0.3 is 0 Å². The SMILES string of the molecule is CCCOc1cccc(C2C(C(=O)c3ccco3)=C(O)C(=O)N2CCN2CCCCC2)c1. The zero-order valence-corrected chi connectivity index (χ0v) is 18.5. The highest BCUT2D eigenvalue weighted by Gasteiger charge is 2.44. The summed E-state index contributed by atoms with van der Waals surface area (Å²) < 4.78 is 11.1. The molecule has 0 aliphatic carbocycles. The van der Waals surface area contributed by atoms with Gasteiger partial charge in [0, 0.05) is 13.1 Å². The molecule has 2 aromatic rings. The van der Waals surface area contributed by atoms with Gasteiger partial charge in [0.2, 0.25) is 5.78 Å². The van der Waals surface area contributed by atoms with Gasteiger partial charge in [-0.25, -0.2) is 0 Å². The zero-order valence-electron chi connectivity index (χ0n) is 18.5. The molecule has 1 amide bonds. The van der Waals surface area contributed by atoms with Crippen molar-refractivity contribution < 1.29 is 23.8 Å². The highest BCUT2D eigenvalue weighted by atomic mass is 16.5. The van der Waals surface area contributed by atoms with Crippen LogP contribution in [0.5, 0.6) is 5.75 Å². The van der Waals surface area contributed by atoms with E-state index in [0.29, 0.717) is 25.4 Å². The predicted molar refractivity (Wildman–Crippen MR) is 120 cm³/mol. The molecule has 1 atom stereocenters. The normalized spacial score (nSPS) is 19.6. The molecule has 170 valence electrons. The first-order valence-electron chi connectivity index (χ1n) is 11.4. The van der Waals surface area contributed by atoms with Crippen LogP contribution in [-0.4, -0.2) is 59.4 Å². The zero-order chi connectivity index (χ0) is 22.5. The van der Waals surface area contributed by atoms with E-state index in [-0.39, 0.29) is 11.3 Å². The van der Waals surface area contributed by atoms with Crippen LogP contribution in [-0.2, 0) is 4.79 Å². The van der Waals surface area contributed by atoms with E-state index in [4.69, 9.17) is 9.15 Å². The van der Waals surface area contributed by atoms with E-state index < -0.39 is 23.5 Å². The fraction of sp³-hybridized carbons (Fsp3) is 0.440. The maximum atomic E-state index is 13.2. The average molecular weight is 439 g/mol. The Labute approximate surface area is 188 Å². The molecule has 1 saturated heterocycles. The van der Waals surface area contributed by atoms with Crippen molar-refractivity contribution in [1.82, 2.24) is 9.80 Å². The van der Waals surface area contributed by atoms with Gasteiger partial charge in [-0.3, -0.25) is 9.59 Å². The van der Waals surface area contributed by atoms with Crippen LogP contribution in [0.15, 0.2) is 58.4 Å². The van der Waals surface area contributed by atoms with Crippen molar-refractivity contribution in [1.29, 1.82) is 0 Å². The minimum absolute atomic E-state index is 0.0521. The van der Waals surface area contributed by atoms with Crippen LogP contribution in [0.1, 0.15) is 54.8 Å². The summed E-state index contributed by atoms with van der Waals surface area (Å²) in [5, 5.41) is 10.8. The molecule has 32 heavy (non-hydrogen) atoms. The minimum atomic E-state index is -0.699. The highest BCUT2D eigenvalue weighted by molar-refractivity contribution is 6.15. The van der Waals surface area contributed by atoms with Crippen molar-refractivity contribution in [3.8, 4) is 5.75 Å². The number of ether oxygens (including phenoxy) is 1. The lowest BCUT2D eigenvalue weighted by atomic mass is 9.95. The number of piperidine rings is 1. The van der Waals surface area contributed by atoms with Crippen molar-refractivity contribution in [2.24, 2.45) is 0 Å². The van der Waals surface area contributed by atoms with Crippen molar-refractivity contribution in [3.05, 3.63) is 65.3 Å². The number of carbonyl (C=O) groups is 2. The summed E-state index contributed by atoms with van der Waals surface area (Å²) in [5.74, 6) is -0.743. The highest BCUT2D eigenvalue weighted by Crippen LogP contribution is 2.39. The van der Waals surface area contributed by atoms with Crippen molar-refractivity contribution in [2.75, 3.05) is 32.8 Å². The van der Waals surface area contributed by atoms with Crippen molar-refractivity contribution in [3.63, 3.8) is 0 Å². The molecule has 1 fully saturated rings. The number of hydrogen-bond acceptors (Lipinski definition) is 6. The van der Waals surface area contributed by atoms with Gasteiger partial charge in [0.1, 0.15) is 5.75 Å². The van der Waals surface area contributed by atoms with Crippen LogP contribution in [0.4, 0.5) is 0 Å². The number of hydrogen-bond donors (Lipinski definition) is 1. The molecule has 0 saturated carbocycles. The Hall–Kier alpha value is -3.06. The topological polar surface area (TPSA) is 83.2 Å². The fourth-order valence-electron chi connectivity index (χ4n) is 4.43. The van der Waals surface area contributed by atoms with E-state index in [0.717, 1.165) is 37.9 Å². The van der Waals surface area contributed by atoms with Crippen LogP contribution in [0, 0.1) is 0 Å². The maximum absolute atomic E-state index is 13.2. The smallest absolute Gasteiger partial charge is 0.290 e. The quantitative estimate of drug-likeness (QED) is 0.593. The van der Waals surface area contributed by atoms with Crippen LogP contribution >= 0.6 is 0 Å². The molecule has 3 heterocycles. The number of amides is 1. The first-order chi connectivity index (χ1) is 15.6.